The largest absolute Gasteiger partial charge is 0.312 e. The van der Waals surface area contributed by atoms with E-state index in [0.29, 0.717) is 0 Å². The first-order valence-corrected chi connectivity index (χ1v) is 7.82. The zero-order valence-corrected chi connectivity index (χ0v) is 13.4. The molecule has 0 radical (unpaired) electrons. The van der Waals surface area contributed by atoms with Crippen molar-refractivity contribution in [3.05, 3.63) is 0 Å². The molecule has 18 heavy (non-hydrogen) atoms. The standard InChI is InChI=1S/C16H34N2/c1-13(2)15-10-8-12-18(15)14(3)9-7-11-17-16(4,5)6/h13-15,17H,7-12H2,1-6H3. The minimum atomic E-state index is 0.261. The maximum absolute atomic E-state index is 3.58. The molecule has 2 heteroatoms. The highest BCUT2D eigenvalue weighted by Crippen LogP contribution is 2.27. The Morgan fingerprint density at radius 2 is 1.89 bits per heavy atom. The van der Waals surface area contributed by atoms with Gasteiger partial charge in [0.1, 0.15) is 0 Å². The number of likely N-dealkylation sites (tertiary alicyclic amines) is 1. The minimum Gasteiger partial charge on any atom is -0.312 e. The third-order valence-corrected chi connectivity index (χ3v) is 4.13. The van der Waals surface area contributed by atoms with Crippen molar-refractivity contribution >= 4 is 0 Å². The van der Waals surface area contributed by atoms with Gasteiger partial charge in [0.05, 0.1) is 0 Å². The summed E-state index contributed by atoms with van der Waals surface area (Å²) in [4.78, 5) is 2.75. The molecule has 0 aromatic rings. The van der Waals surface area contributed by atoms with Gasteiger partial charge in [-0.3, -0.25) is 4.90 Å². The van der Waals surface area contributed by atoms with Crippen LogP contribution in [0.2, 0.25) is 0 Å². The Bertz CT molecular complexity index is 230. The van der Waals surface area contributed by atoms with Gasteiger partial charge >= 0.3 is 0 Å². The van der Waals surface area contributed by atoms with Gasteiger partial charge in [-0.05, 0) is 72.4 Å². The quantitative estimate of drug-likeness (QED) is 0.728. The second-order valence-electron chi connectivity index (χ2n) is 7.36. The Kier molecular flexibility index (Phi) is 6.13. The molecule has 1 fully saturated rings. The lowest BCUT2D eigenvalue weighted by molar-refractivity contribution is 0.147. The lowest BCUT2D eigenvalue weighted by Crippen LogP contribution is -2.41. The van der Waals surface area contributed by atoms with Crippen molar-refractivity contribution in [3.63, 3.8) is 0 Å². The van der Waals surface area contributed by atoms with Crippen molar-refractivity contribution in [2.24, 2.45) is 5.92 Å². The molecule has 0 amide bonds. The average molecular weight is 254 g/mol. The van der Waals surface area contributed by atoms with Crippen LogP contribution in [-0.2, 0) is 0 Å². The van der Waals surface area contributed by atoms with E-state index in [-0.39, 0.29) is 5.54 Å². The summed E-state index contributed by atoms with van der Waals surface area (Å²) in [5.74, 6) is 0.808. The highest BCUT2D eigenvalue weighted by Gasteiger charge is 2.29. The first kappa shape index (κ1) is 16.0. The summed E-state index contributed by atoms with van der Waals surface area (Å²) in [5.41, 5.74) is 0.261. The van der Waals surface area contributed by atoms with Crippen molar-refractivity contribution in [1.29, 1.82) is 0 Å². The number of hydrogen-bond acceptors (Lipinski definition) is 2. The molecule has 0 aliphatic carbocycles. The third kappa shape index (κ3) is 5.27. The van der Waals surface area contributed by atoms with Crippen molar-refractivity contribution < 1.29 is 0 Å². The summed E-state index contributed by atoms with van der Waals surface area (Å²) in [7, 11) is 0. The molecule has 1 N–H and O–H groups in total. The molecule has 0 aromatic heterocycles. The molecule has 1 saturated heterocycles. The van der Waals surface area contributed by atoms with E-state index in [2.05, 4.69) is 51.8 Å². The predicted molar refractivity (Wildman–Crippen MR) is 81.0 cm³/mol. The summed E-state index contributed by atoms with van der Waals surface area (Å²) in [6.45, 7) is 16.3. The van der Waals surface area contributed by atoms with E-state index in [0.717, 1.165) is 24.5 Å². The molecule has 2 nitrogen and oxygen atoms in total. The van der Waals surface area contributed by atoms with Crippen LogP contribution in [0.1, 0.15) is 67.2 Å². The maximum atomic E-state index is 3.58. The average Bonchev–Trinajstić information content (AvgIpc) is 2.71. The van der Waals surface area contributed by atoms with E-state index >= 15 is 0 Å². The first-order chi connectivity index (χ1) is 8.31. The van der Waals surface area contributed by atoms with Crippen LogP contribution in [-0.4, -0.2) is 35.6 Å². The molecular formula is C16H34N2. The Morgan fingerprint density at radius 1 is 1.22 bits per heavy atom. The van der Waals surface area contributed by atoms with Crippen molar-refractivity contribution in [3.8, 4) is 0 Å². The van der Waals surface area contributed by atoms with E-state index in [9.17, 15) is 0 Å². The highest BCUT2D eigenvalue weighted by atomic mass is 15.2. The lowest BCUT2D eigenvalue weighted by atomic mass is 10.00. The topological polar surface area (TPSA) is 15.3 Å². The molecule has 0 spiro atoms. The molecule has 0 aromatic carbocycles. The Morgan fingerprint density at radius 3 is 2.44 bits per heavy atom. The monoisotopic (exact) mass is 254 g/mol. The SMILES string of the molecule is CC(C)C1CCCN1C(C)CCCNC(C)(C)C. The fourth-order valence-corrected chi connectivity index (χ4v) is 3.10. The zero-order chi connectivity index (χ0) is 13.8. The van der Waals surface area contributed by atoms with Gasteiger partial charge in [0, 0.05) is 17.6 Å². The summed E-state index contributed by atoms with van der Waals surface area (Å²) in [5, 5.41) is 3.58. The normalized spacial score (nSPS) is 23.8. The van der Waals surface area contributed by atoms with Crippen LogP contribution in [0.15, 0.2) is 0 Å². The number of rotatable bonds is 6. The van der Waals surface area contributed by atoms with Gasteiger partial charge in [0.2, 0.25) is 0 Å². The second kappa shape index (κ2) is 6.91. The fourth-order valence-electron chi connectivity index (χ4n) is 3.10. The van der Waals surface area contributed by atoms with Crippen LogP contribution < -0.4 is 5.32 Å². The summed E-state index contributed by atoms with van der Waals surface area (Å²) < 4.78 is 0. The summed E-state index contributed by atoms with van der Waals surface area (Å²) in [6, 6.07) is 1.58. The van der Waals surface area contributed by atoms with Gasteiger partial charge in [-0.1, -0.05) is 13.8 Å². The highest BCUT2D eigenvalue weighted by molar-refractivity contribution is 4.85. The molecule has 0 saturated carbocycles. The molecule has 1 heterocycles. The van der Waals surface area contributed by atoms with E-state index in [1.54, 1.807) is 0 Å². The molecule has 2 unspecified atom stereocenters. The van der Waals surface area contributed by atoms with E-state index in [4.69, 9.17) is 0 Å². The molecule has 1 aliphatic heterocycles. The van der Waals surface area contributed by atoms with Gasteiger partial charge in [-0.25, -0.2) is 0 Å². The smallest absolute Gasteiger partial charge is 0.0121 e. The third-order valence-electron chi connectivity index (χ3n) is 4.13. The molecule has 1 rings (SSSR count). The fraction of sp³-hybridized carbons (Fsp3) is 1.00. The van der Waals surface area contributed by atoms with Gasteiger partial charge in [0.25, 0.3) is 0 Å². The van der Waals surface area contributed by atoms with Gasteiger partial charge in [-0.15, -0.1) is 0 Å². The lowest BCUT2D eigenvalue weighted by Gasteiger charge is -2.33. The van der Waals surface area contributed by atoms with Crippen LogP contribution in [0.3, 0.4) is 0 Å². The summed E-state index contributed by atoms with van der Waals surface area (Å²) in [6.07, 6.45) is 5.42. The zero-order valence-electron chi connectivity index (χ0n) is 13.4. The molecule has 2 atom stereocenters. The van der Waals surface area contributed by atoms with Crippen molar-refractivity contribution in [2.75, 3.05) is 13.1 Å². The molecule has 108 valence electrons. The van der Waals surface area contributed by atoms with E-state index < -0.39 is 0 Å². The number of nitrogens with one attached hydrogen (secondary N) is 1. The first-order valence-electron chi connectivity index (χ1n) is 7.82. The molecular weight excluding hydrogens is 220 g/mol. The second-order valence-corrected chi connectivity index (χ2v) is 7.36. The Hall–Kier alpha value is -0.0800. The van der Waals surface area contributed by atoms with Gasteiger partial charge in [-0.2, -0.15) is 0 Å². The van der Waals surface area contributed by atoms with Crippen LogP contribution in [0, 0.1) is 5.92 Å². The van der Waals surface area contributed by atoms with Crippen LogP contribution in [0.5, 0.6) is 0 Å². The minimum absolute atomic E-state index is 0.261. The van der Waals surface area contributed by atoms with Crippen LogP contribution >= 0.6 is 0 Å². The van der Waals surface area contributed by atoms with Crippen LogP contribution in [0.4, 0.5) is 0 Å². The molecule has 1 aliphatic rings. The maximum Gasteiger partial charge on any atom is 0.0121 e. The predicted octanol–water partition coefficient (Wildman–Crippen LogP) is 3.66. The van der Waals surface area contributed by atoms with E-state index in [1.807, 2.05) is 0 Å². The van der Waals surface area contributed by atoms with Crippen molar-refractivity contribution in [1.82, 2.24) is 10.2 Å². The van der Waals surface area contributed by atoms with Crippen molar-refractivity contribution in [2.45, 2.75) is 84.8 Å². The Labute approximate surface area is 115 Å². The van der Waals surface area contributed by atoms with Gasteiger partial charge in [0.15, 0.2) is 0 Å². The Balaban J connectivity index is 2.26. The number of nitrogens with zero attached hydrogens (tertiary/aromatic N) is 1. The number of hydrogen-bond donors (Lipinski definition) is 1. The summed E-state index contributed by atoms with van der Waals surface area (Å²) >= 11 is 0. The van der Waals surface area contributed by atoms with E-state index in [1.165, 1.54) is 32.2 Å². The van der Waals surface area contributed by atoms with Crippen LogP contribution in [0.25, 0.3) is 0 Å². The van der Waals surface area contributed by atoms with Gasteiger partial charge < -0.3 is 5.32 Å². The molecule has 0 bridgehead atoms.